The number of rotatable bonds is 3. The van der Waals surface area contributed by atoms with E-state index in [1.807, 2.05) is 7.05 Å². The van der Waals surface area contributed by atoms with Crippen LogP contribution in [-0.2, 0) is 9.53 Å². The van der Waals surface area contributed by atoms with Crippen LogP contribution in [0.25, 0.3) is 0 Å². The molecule has 0 aromatic rings. The molecule has 1 heterocycles. The zero-order valence-electron chi connectivity index (χ0n) is 6.72. The van der Waals surface area contributed by atoms with Crippen LogP contribution in [0.1, 0.15) is 12.8 Å². The van der Waals surface area contributed by atoms with Crippen molar-refractivity contribution in [3.63, 3.8) is 0 Å². The van der Waals surface area contributed by atoms with Crippen molar-refractivity contribution in [3.8, 4) is 0 Å². The lowest BCUT2D eigenvalue weighted by molar-refractivity contribution is -0.119. The molecule has 4 heteroatoms. The molecule has 1 atom stereocenters. The molecule has 0 aromatic heterocycles. The van der Waals surface area contributed by atoms with E-state index in [2.05, 4.69) is 5.32 Å². The first kappa shape index (κ1) is 8.49. The monoisotopic (exact) mass is 158 g/mol. The molecule has 1 saturated heterocycles. The van der Waals surface area contributed by atoms with Crippen LogP contribution in [0.15, 0.2) is 0 Å². The van der Waals surface area contributed by atoms with Gasteiger partial charge in [0, 0.05) is 13.0 Å². The third kappa shape index (κ3) is 1.91. The molecule has 0 bridgehead atoms. The fourth-order valence-corrected chi connectivity index (χ4v) is 1.37. The number of nitrogens with one attached hydrogen (secondary N) is 1. The maximum absolute atomic E-state index is 10.6. The highest BCUT2D eigenvalue weighted by Crippen LogP contribution is 2.21. The number of likely N-dealkylation sites (N-methyl/N-ethyl adjacent to an activating group) is 1. The summed E-state index contributed by atoms with van der Waals surface area (Å²) in [4.78, 5) is 10.6. The van der Waals surface area contributed by atoms with Crippen molar-refractivity contribution < 1.29 is 9.53 Å². The Bertz CT molecular complexity index is 153. The van der Waals surface area contributed by atoms with Gasteiger partial charge in [-0.2, -0.15) is 0 Å². The molecule has 0 radical (unpaired) electrons. The molecule has 1 aliphatic heterocycles. The van der Waals surface area contributed by atoms with Crippen LogP contribution in [-0.4, -0.2) is 31.7 Å². The normalized spacial score (nSPS) is 30.6. The van der Waals surface area contributed by atoms with E-state index < -0.39 is 0 Å². The molecule has 4 nitrogen and oxygen atoms in total. The largest absolute Gasteiger partial charge is 0.379 e. The van der Waals surface area contributed by atoms with E-state index in [9.17, 15) is 4.79 Å². The quantitative estimate of drug-likeness (QED) is 0.567. The SMILES string of the molecule is CNC1(CC(N)=O)CCOC1. The molecule has 64 valence electrons. The molecule has 1 fully saturated rings. The third-order valence-corrected chi connectivity index (χ3v) is 2.15. The third-order valence-electron chi connectivity index (χ3n) is 2.15. The van der Waals surface area contributed by atoms with E-state index in [1.165, 1.54) is 0 Å². The van der Waals surface area contributed by atoms with Crippen LogP contribution in [0, 0.1) is 0 Å². The molecule has 0 aliphatic carbocycles. The zero-order valence-corrected chi connectivity index (χ0v) is 6.72. The van der Waals surface area contributed by atoms with Gasteiger partial charge in [-0.25, -0.2) is 0 Å². The number of ether oxygens (including phenoxy) is 1. The topological polar surface area (TPSA) is 64.3 Å². The van der Waals surface area contributed by atoms with Gasteiger partial charge in [0.2, 0.25) is 5.91 Å². The number of amides is 1. The van der Waals surface area contributed by atoms with Crippen molar-refractivity contribution in [1.29, 1.82) is 0 Å². The first-order valence-corrected chi connectivity index (χ1v) is 3.73. The van der Waals surface area contributed by atoms with Gasteiger partial charge in [0.25, 0.3) is 0 Å². The molecular formula is C7H14N2O2. The average molecular weight is 158 g/mol. The standard InChI is InChI=1S/C7H14N2O2/c1-9-7(4-6(8)10)2-3-11-5-7/h9H,2-5H2,1H3,(H2,8,10). The van der Waals surface area contributed by atoms with Gasteiger partial charge in [-0.15, -0.1) is 0 Å². The minimum Gasteiger partial charge on any atom is -0.379 e. The molecule has 0 saturated carbocycles. The molecule has 1 aliphatic rings. The second-order valence-electron chi connectivity index (χ2n) is 2.98. The minimum absolute atomic E-state index is 0.189. The van der Waals surface area contributed by atoms with E-state index in [-0.39, 0.29) is 11.4 Å². The van der Waals surface area contributed by atoms with Crippen molar-refractivity contribution in [1.82, 2.24) is 5.32 Å². The fourth-order valence-electron chi connectivity index (χ4n) is 1.37. The fraction of sp³-hybridized carbons (Fsp3) is 0.857. The van der Waals surface area contributed by atoms with Crippen LogP contribution in [0.5, 0.6) is 0 Å². The summed E-state index contributed by atoms with van der Waals surface area (Å²) in [5.41, 5.74) is 4.91. The van der Waals surface area contributed by atoms with Gasteiger partial charge in [-0.05, 0) is 13.5 Å². The van der Waals surface area contributed by atoms with E-state index in [0.717, 1.165) is 6.42 Å². The van der Waals surface area contributed by atoms with Crippen LogP contribution < -0.4 is 11.1 Å². The van der Waals surface area contributed by atoms with Crippen molar-refractivity contribution in [3.05, 3.63) is 0 Å². The molecule has 0 aromatic carbocycles. The van der Waals surface area contributed by atoms with Gasteiger partial charge in [-0.1, -0.05) is 0 Å². The van der Waals surface area contributed by atoms with Crippen molar-refractivity contribution >= 4 is 5.91 Å². The van der Waals surface area contributed by atoms with Crippen molar-refractivity contribution in [2.45, 2.75) is 18.4 Å². The highest BCUT2D eigenvalue weighted by Gasteiger charge is 2.34. The molecule has 11 heavy (non-hydrogen) atoms. The molecule has 1 amide bonds. The second kappa shape index (κ2) is 3.19. The van der Waals surface area contributed by atoms with Gasteiger partial charge >= 0.3 is 0 Å². The van der Waals surface area contributed by atoms with E-state index >= 15 is 0 Å². The number of carbonyl (C=O) groups is 1. The van der Waals surface area contributed by atoms with E-state index in [4.69, 9.17) is 10.5 Å². The van der Waals surface area contributed by atoms with E-state index in [1.54, 1.807) is 0 Å². The number of carbonyl (C=O) groups excluding carboxylic acids is 1. The summed E-state index contributed by atoms with van der Waals surface area (Å²) in [7, 11) is 1.83. The molecular weight excluding hydrogens is 144 g/mol. The summed E-state index contributed by atoms with van der Waals surface area (Å²) in [6, 6.07) is 0. The van der Waals surface area contributed by atoms with Crippen LogP contribution in [0.4, 0.5) is 0 Å². The summed E-state index contributed by atoms with van der Waals surface area (Å²) in [5.74, 6) is -0.273. The van der Waals surface area contributed by atoms with Crippen LogP contribution >= 0.6 is 0 Å². The number of nitrogens with two attached hydrogens (primary N) is 1. The zero-order chi connectivity index (χ0) is 8.32. The first-order valence-electron chi connectivity index (χ1n) is 3.73. The Hall–Kier alpha value is -0.610. The maximum atomic E-state index is 10.6. The van der Waals surface area contributed by atoms with Crippen LogP contribution in [0.3, 0.4) is 0 Å². The highest BCUT2D eigenvalue weighted by molar-refractivity contribution is 5.75. The molecule has 0 spiro atoms. The van der Waals surface area contributed by atoms with Crippen molar-refractivity contribution in [2.75, 3.05) is 20.3 Å². The Morgan fingerprint density at radius 3 is 2.91 bits per heavy atom. The van der Waals surface area contributed by atoms with Gasteiger partial charge in [-0.3, -0.25) is 4.79 Å². The van der Waals surface area contributed by atoms with Crippen molar-refractivity contribution in [2.24, 2.45) is 5.73 Å². The maximum Gasteiger partial charge on any atom is 0.219 e. The van der Waals surface area contributed by atoms with Gasteiger partial charge < -0.3 is 15.8 Å². The Labute approximate surface area is 66.1 Å². The number of hydrogen-bond acceptors (Lipinski definition) is 3. The number of hydrogen-bond donors (Lipinski definition) is 2. The number of primary amides is 1. The Kier molecular flexibility index (Phi) is 2.46. The molecule has 1 rings (SSSR count). The summed E-state index contributed by atoms with van der Waals surface area (Å²) in [5, 5.41) is 3.08. The smallest absolute Gasteiger partial charge is 0.219 e. The lowest BCUT2D eigenvalue weighted by atomic mass is 9.94. The Morgan fingerprint density at radius 1 is 1.82 bits per heavy atom. The van der Waals surface area contributed by atoms with E-state index in [0.29, 0.717) is 19.6 Å². The Balaban J connectivity index is 2.52. The first-order chi connectivity index (χ1) is 5.18. The van der Waals surface area contributed by atoms with Gasteiger partial charge in [0.1, 0.15) is 0 Å². The average Bonchev–Trinajstić information content (AvgIpc) is 2.36. The lowest BCUT2D eigenvalue weighted by Crippen LogP contribution is -2.46. The summed E-state index contributed by atoms with van der Waals surface area (Å²) in [6.07, 6.45) is 1.23. The summed E-state index contributed by atoms with van der Waals surface area (Å²) >= 11 is 0. The molecule has 1 unspecified atom stereocenters. The highest BCUT2D eigenvalue weighted by atomic mass is 16.5. The van der Waals surface area contributed by atoms with Crippen LogP contribution in [0.2, 0.25) is 0 Å². The predicted octanol–water partition coefficient (Wildman–Crippen LogP) is -0.760. The molecule has 3 N–H and O–H groups in total. The Morgan fingerprint density at radius 2 is 2.55 bits per heavy atom. The lowest BCUT2D eigenvalue weighted by Gasteiger charge is -2.24. The predicted molar refractivity (Wildman–Crippen MR) is 41.0 cm³/mol. The second-order valence-corrected chi connectivity index (χ2v) is 2.98. The van der Waals surface area contributed by atoms with Gasteiger partial charge in [0.05, 0.1) is 12.1 Å². The van der Waals surface area contributed by atoms with Gasteiger partial charge in [0.15, 0.2) is 0 Å². The summed E-state index contributed by atoms with van der Waals surface area (Å²) < 4.78 is 5.18. The summed E-state index contributed by atoms with van der Waals surface area (Å²) in [6.45, 7) is 1.31. The minimum atomic E-state index is -0.273.